The maximum atomic E-state index is 12.3. The minimum absolute atomic E-state index is 0.126. The number of halogens is 1. The molecule has 0 aliphatic carbocycles. The topological polar surface area (TPSA) is 106 Å². The summed E-state index contributed by atoms with van der Waals surface area (Å²) in [5.41, 5.74) is 5.20. The predicted molar refractivity (Wildman–Crippen MR) is 126 cm³/mol. The molecule has 0 aliphatic rings. The lowest BCUT2D eigenvalue weighted by Crippen LogP contribution is -2.49. The van der Waals surface area contributed by atoms with Crippen molar-refractivity contribution in [3.8, 4) is 5.75 Å². The fourth-order valence-electron chi connectivity index (χ4n) is 2.74. The first-order valence-electron chi connectivity index (χ1n) is 9.27. The Morgan fingerprint density at radius 3 is 2.50 bits per heavy atom. The molecular weight excluding hydrogens is 498 g/mol. The Hall–Kier alpha value is -3.50. The first-order chi connectivity index (χ1) is 15.4. The molecule has 8 nitrogen and oxygen atoms in total. The molecule has 0 unspecified atom stereocenters. The lowest BCUT2D eigenvalue weighted by Gasteiger charge is -2.13. The monoisotopic (exact) mass is 515 g/mol. The minimum atomic E-state index is -0.564. The number of amides is 2. The van der Waals surface area contributed by atoms with Crippen LogP contribution in [0.1, 0.15) is 20.7 Å². The minimum Gasteiger partial charge on any atom is -0.483 e. The van der Waals surface area contributed by atoms with Crippen molar-refractivity contribution in [2.24, 2.45) is 0 Å². The van der Waals surface area contributed by atoms with Crippen LogP contribution in [0, 0.1) is 0 Å². The zero-order valence-corrected chi connectivity index (χ0v) is 19.2. The van der Waals surface area contributed by atoms with Crippen molar-refractivity contribution in [1.82, 2.24) is 16.2 Å². The SMILES string of the molecule is COC(=O)c1cccc(C(=O)NC(=S)NNC(=O)COc2ccc3ccccc3c2Br)c1. The van der Waals surface area contributed by atoms with Crippen LogP contribution in [0.15, 0.2) is 65.1 Å². The normalized spacial score (nSPS) is 10.2. The first-order valence-corrected chi connectivity index (χ1v) is 10.5. The number of hydrazine groups is 1. The second-order valence-electron chi connectivity index (χ2n) is 6.42. The molecule has 0 bridgehead atoms. The molecule has 32 heavy (non-hydrogen) atoms. The summed E-state index contributed by atoms with van der Waals surface area (Å²) in [6.45, 7) is -0.276. The largest absolute Gasteiger partial charge is 0.483 e. The average Bonchev–Trinajstić information content (AvgIpc) is 2.82. The van der Waals surface area contributed by atoms with Crippen molar-refractivity contribution in [2.75, 3.05) is 13.7 Å². The number of hydrogen-bond acceptors (Lipinski definition) is 6. The van der Waals surface area contributed by atoms with E-state index in [-0.39, 0.29) is 22.8 Å². The van der Waals surface area contributed by atoms with Crippen LogP contribution in [-0.4, -0.2) is 36.6 Å². The number of benzene rings is 3. The van der Waals surface area contributed by atoms with Gasteiger partial charge >= 0.3 is 5.97 Å². The predicted octanol–water partition coefficient (Wildman–Crippen LogP) is 3.10. The van der Waals surface area contributed by atoms with Crippen LogP contribution in [0.5, 0.6) is 5.75 Å². The van der Waals surface area contributed by atoms with Crippen LogP contribution in [0.2, 0.25) is 0 Å². The number of methoxy groups -OCH3 is 1. The van der Waals surface area contributed by atoms with Gasteiger partial charge in [0.15, 0.2) is 11.7 Å². The Bertz CT molecular complexity index is 1200. The molecule has 0 saturated heterocycles. The van der Waals surface area contributed by atoms with Crippen LogP contribution < -0.4 is 20.9 Å². The van der Waals surface area contributed by atoms with Crippen molar-refractivity contribution in [3.05, 3.63) is 76.3 Å². The van der Waals surface area contributed by atoms with Crippen LogP contribution in [0.4, 0.5) is 0 Å². The third kappa shape index (κ3) is 5.80. The molecule has 0 spiro atoms. The molecule has 0 aromatic heterocycles. The maximum absolute atomic E-state index is 12.3. The molecule has 0 heterocycles. The van der Waals surface area contributed by atoms with E-state index in [0.29, 0.717) is 5.75 Å². The van der Waals surface area contributed by atoms with E-state index in [0.717, 1.165) is 15.2 Å². The van der Waals surface area contributed by atoms with Gasteiger partial charge in [-0.1, -0.05) is 36.4 Å². The van der Waals surface area contributed by atoms with Gasteiger partial charge in [0.2, 0.25) is 0 Å². The first kappa shape index (κ1) is 23.2. The van der Waals surface area contributed by atoms with Gasteiger partial charge in [-0.3, -0.25) is 25.8 Å². The van der Waals surface area contributed by atoms with E-state index in [2.05, 4.69) is 36.8 Å². The van der Waals surface area contributed by atoms with Gasteiger partial charge in [0, 0.05) is 5.56 Å². The van der Waals surface area contributed by atoms with Gasteiger partial charge in [-0.2, -0.15) is 0 Å². The molecule has 3 aromatic rings. The number of carbonyl (C=O) groups is 3. The molecule has 0 aliphatic heterocycles. The summed E-state index contributed by atoms with van der Waals surface area (Å²) in [5, 5.41) is 4.28. The average molecular weight is 516 g/mol. The number of ether oxygens (including phenoxy) is 2. The van der Waals surface area contributed by atoms with Gasteiger partial charge in [-0.15, -0.1) is 0 Å². The van der Waals surface area contributed by atoms with Crippen molar-refractivity contribution in [3.63, 3.8) is 0 Å². The zero-order chi connectivity index (χ0) is 23.1. The van der Waals surface area contributed by atoms with E-state index in [1.165, 1.54) is 25.3 Å². The van der Waals surface area contributed by atoms with Gasteiger partial charge in [-0.05, 0) is 63.2 Å². The molecule has 0 saturated carbocycles. The van der Waals surface area contributed by atoms with E-state index in [4.69, 9.17) is 17.0 Å². The lowest BCUT2D eigenvalue weighted by atomic mass is 10.1. The third-order valence-corrected chi connectivity index (χ3v) is 5.30. The Balaban J connectivity index is 1.49. The van der Waals surface area contributed by atoms with Crippen molar-refractivity contribution in [2.45, 2.75) is 0 Å². The van der Waals surface area contributed by atoms with Crippen molar-refractivity contribution in [1.29, 1.82) is 0 Å². The van der Waals surface area contributed by atoms with Crippen LogP contribution >= 0.6 is 28.1 Å². The standard InChI is InChI=1S/C22H18BrN3O5S/c1-30-21(29)15-7-4-6-14(11-15)20(28)24-22(32)26-25-18(27)12-31-17-10-9-13-5-2-3-8-16(13)19(17)23/h2-11H,12H2,1H3,(H,25,27)(H2,24,26,28,32). The van der Waals surface area contributed by atoms with Gasteiger partial charge in [0.25, 0.3) is 11.8 Å². The van der Waals surface area contributed by atoms with Crippen LogP contribution in [0.3, 0.4) is 0 Å². The molecule has 10 heteroatoms. The second kappa shape index (κ2) is 10.7. The summed E-state index contributed by atoms with van der Waals surface area (Å²) >= 11 is 8.50. The molecule has 2 amide bonds. The number of hydrogen-bond donors (Lipinski definition) is 3. The van der Waals surface area contributed by atoms with Gasteiger partial charge in [0.1, 0.15) is 5.75 Å². The molecule has 3 rings (SSSR count). The van der Waals surface area contributed by atoms with Crippen molar-refractivity contribution >= 4 is 61.8 Å². The summed E-state index contributed by atoms with van der Waals surface area (Å²) in [7, 11) is 1.25. The highest BCUT2D eigenvalue weighted by Gasteiger charge is 2.13. The second-order valence-corrected chi connectivity index (χ2v) is 7.62. The molecule has 164 valence electrons. The number of rotatable bonds is 5. The number of thiocarbonyl (C=S) groups is 1. The number of esters is 1. The summed E-state index contributed by atoms with van der Waals surface area (Å²) < 4.78 is 10.9. The van der Waals surface area contributed by atoms with E-state index in [1.807, 2.05) is 30.3 Å². The smallest absolute Gasteiger partial charge is 0.337 e. The number of nitrogens with one attached hydrogen (secondary N) is 3. The third-order valence-electron chi connectivity index (χ3n) is 4.27. The summed E-state index contributed by atoms with van der Waals surface area (Å²) in [6, 6.07) is 17.4. The fourth-order valence-corrected chi connectivity index (χ4v) is 3.49. The van der Waals surface area contributed by atoms with E-state index >= 15 is 0 Å². The van der Waals surface area contributed by atoms with Gasteiger partial charge in [-0.25, -0.2) is 4.79 Å². The Morgan fingerprint density at radius 2 is 1.72 bits per heavy atom. The molecule has 0 fully saturated rings. The number of fused-ring (bicyclic) bond motifs is 1. The zero-order valence-electron chi connectivity index (χ0n) is 16.8. The molecule has 0 atom stereocenters. The Morgan fingerprint density at radius 1 is 0.969 bits per heavy atom. The van der Waals surface area contributed by atoms with Gasteiger partial charge < -0.3 is 9.47 Å². The quantitative estimate of drug-likeness (QED) is 0.272. The Labute approximate surface area is 197 Å². The van der Waals surface area contributed by atoms with Crippen molar-refractivity contribution < 1.29 is 23.9 Å². The summed E-state index contributed by atoms with van der Waals surface area (Å²) in [4.78, 5) is 35.9. The fraction of sp³-hybridized carbons (Fsp3) is 0.0909. The van der Waals surface area contributed by atoms with E-state index in [9.17, 15) is 14.4 Å². The van der Waals surface area contributed by atoms with Crippen LogP contribution in [0.25, 0.3) is 10.8 Å². The van der Waals surface area contributed by atoms with Crippen LogP contribution in [-0.2, 0) is 9.53 Å². The van der Waals surface area contributed by atoms with E-state index < -0.39 is 17.8 Å². The maximum Gasteiger partial charge on any atom is 0.337 e. The molecule has 0 radical (unpaired) electrons. The summed E-state index contributed by atoms with van der Waals surface area (Å²) in [6.07, 6.45) is 0. The number of carbonyl (C=O) groups excluding carboxylic acids is 3. The highest BCUT2D eigenvalue weighted by molar-refractivity contribution is 9.10. The Kier molecular flexibility index (Phi) is 7.74. The van der Waals surface area contributed by atoms with E-state index in [1.54, 1.807) is 12.1 Å². The lowest BCUT2D eigenvalue weighted by molar-refractivity contribution is -0.123. The molecular formula is C22H18BrN3O5S. The molecule has 3 aromatic carbocycles. The highest BCUT2D eigenvalue weighted by Crippen LogP contribution is 2.32. The summed E-state index contributed by atoms with van der Waals surface area (Å²) in [5.74, 6) is -1.11. The van der Waals surface area contributed by atoms with Gasteiger partial charge in [0.05, 0.1) is 17.1 Å². The highest BCUT2D eigenvalue weighted by atomic mass is 79.9. The molecule has 3 N–H and O–H groups in total.